The van der Waals surface area contributed by atoms with E-state index >= 15 is 0 Å². The molecule has 13 nitrogen and oxygen atoms in total. The van der Waals surface area contributed by atoms with Crippen LogP contribution in [0.3, 0.4) is 0 Å². The molecule has 0 radical (unpaired) electrons. The fourth-order valence-corrected chi connectivity index (χ4v) is 6.12. The van der Waals surface area contributed by atoms with Crippen LogP contribution in [0.2, 0.25) is 0 Å². The minimum atomic E-state index is -1.04. The summed E-state index contributed by atoms with van der Waals surface area (Å²) in [6.07, 6.45) is 7.01. The maximum atomic E-state index is 13.5. The molecule has 3 atom stereocenters. The number of alkyl carbamates (subject to hydrolysis) is 2. The molecule has 2 aromatic carbocycles. The molecule has 5 N–H and O–H groups in total. The molecule has 2 aliphatic rings. The van der Waals surface area contributed by atoms with Crippen molar-refractivity contribution < 1.29 is 43.3 Å². The van der Waals surface area contributed by atoms with Crippen LogP contribution in [0.15, 0.2) is 72.8 Å². The molecule has 1 fully saturated rings. The first-order valence-electron chi connectivity index (χ1n) is 17.7. The summed E-state index contributed by atoms with van der Waals surface area (Å²) in [5, 5.41) is 21.2. The van der Waals surface area contributed by atoms with Crippen LogP contribution in [0.25, 0.3) is 0 Å². The lowest BCUT2D eigenvalue weighted by Crippen LogP contribution is -2.50. The van der Waals surface area contributed by atoms with Crippen molar-refractivity contribution in [3.05, 3.63) is 83.9 Å². The van der Waals surface area contributed by atoms with Gasteiger partial charge in [-0.15, -0.1) is 0 Å². The van der Waals surface area contributed by atoms with Crippen molar-refractivity contribution >= 4 is 30.0 Å². The van der Waals surface area contributed by atoms with Gasteiger partial charge >= 0.3 is 18.2 Å². The zero-order chi connectivity index (χ0) is 36.3. The van der Waals surface area contributed by atoms with Crippen LogP contribution in [0.4, 0.5) is 9.59 Å². The number of unbranched alkanes of at least 4 members (excludes halogenated alkanes) is 1. The summed E-state index contributed by atoms with van der Waals surface area (Å²) in [5.41, 5.74) is 1.00. The predicted molar refractivity (Wildman–Crippen MR) is 188 cm³/mol. The SMILES string of the molecule is O=C(CC1CC=CCC(NC(=O)OCc2ccccc2)C(=O)OCC(CCCCNC(=O)OCc2ccccc2)NC1=O)NC1(CO)CCCC1. The number of rotatable bonds is 14. The Morgan fingerprint density at radius 3 is 2.14 bits per heavy atom. The number of hydrogen-bond donors (Lipinski definition) is 5. The van der Waals surface area contributed by atoms with Gasteiger partial charge in [0.2, 0.25) is 11.8 Å². The summed E-state index contributed by atoms with van der Waals surface area (Å²) in [7, 11) is 0. The number of nitrogens with one attached hydrogen (secondary N) is 4. The Hall–Kier alpha value is -4.91. The maximum absolute atomic E-state index is 13.5. The van der Waals surface area contributed by atoms with E-state index in [1.165, 1.54) is 0 Å². The Balaban J connectivity index is 1.35. The molecule has 2 aromatic rings. The van der Waals surface area contributed by atoms with Gasteiger partial charge in [-0.05, 0) is 56.1 Å². The van der Waals surface area contributed by atoms with Gasteiger partial charge in [0.15, 0.2) is 0 Å². The van der Waals surface area contributed by atoms with Crippen LogP contribution in [0, 0.1) is 5.92 Å². The monoisotopic (exact) mass is 706 g/mol. The van der Waals surface area contributed by atoms with Gasteiger partial charge in [0.05, 0.1) is 24.1 Å². The first-order chi connectivity index (χ1) is 24.7. The van der Waals surface area contributed by atoms with E-state index in [0.29, 0.717) is 38.6 Å². The Kier molecular flexibility index (Phi) is 15.8. The van der Waals surface area contributed by atoms with Crippen LogP contribution in [0.1, 0.15) is 75.3 Å². The number of allylic oxidation sites excluding steroid dienone is 1. The highest BCUT2D eigenvalue weighted by Crippen LogP contribution is 2.29. The van der Waals surface area contributed by atoms with E-state index in [2.05, 4.69) is 21.3 Å². The molecule has 276 valence electrons. The minimum absolute atomic E-state index is 0.0271. The second kappa shape index (κ2) is 20.7. The largest absolute Gasteiger partial charge is 0.462 e. The van der Waals surface area contributed by atoms with Gasteiger partial charge in [-0.25, -0.2) is 14.4 Å². The van der Waals surface area contributed by atoms with E-state index in [1.54, 1.807) is 12.2 Å². The van der Waals surface area contributed by atoms with Crippen LogP contribution in [0.5, 0.6) is 0 Å². The molecule has 3 unspecified atom stereocenters. The lowest BCUT2D eigenvalue weighted by molar-refractivity contribution is -0.147. The number of carbonyl (C=O) groups excluding carboxylic acids is 5. The Labute approximate surface area is 298 Å². The third-order valence-electron chi connectivity index (χ3n) is 9.05. The lowest BCUT2D eigenvalue weighted by Gasteiger charge is -2.29. The summed E-state index contributed by atoms with van der Waals surface area (Å²) in [6, 6.07) is 16.8. The fraction of sp³-hybridized carbons (Fsp3) is 0.500. The molecular weight excluding hydrogens is 656 g/mol. The molecule has 51 heavy (non-hydrogen) atoms. The number of aliphatic hydroxyl groups excluding tert-OH is 1. The minimum Gasteiger partial charge on any atom is -0.462 e. The predicted octanol–water partition coefficient (Wildman–Crippen LogP) is 4.18. The highest BCUT2D eigenvalue weighted by molar-refractivity contribution is 5.86. The van der Waals surface area contributed by atoms with Crippen molar-refractivity contribution in [2.45, 2.75) is 95.0 Å². The number of carbonyl (C=O) groups is 5. The molecule has 1 aliphatic heterocycles. The van der Waals surface area contributed by atoms with Crippen molar-refractivity contribution in [2.24, 2.45) is 5.92 Å². The van der Waals surface area contributed by atoms with Crippen LogP contribution in [-0.4, -0.2) is 72.5 Å². The van der Waals surface area contributed by atoms with Gasteiger partial charge in [-0.2, -0.15) is 0 Å². The third-order valence-corrected chi connectivity index (χ3v) is 9.05. The molecule has 4 rings (SSSR count). The molecule has 0 saturated heterocycles. The normalized spacial score (nSPS) is 20.5. The average Bonchev–Trinajstić information content (AvgIpc) is 3.61. The highest BCUT2D eigenvalue weighted by atomic mass is 16.6. The molecule has 0 spiro atoms. The zero-order valence-corrected chi connectivity index (χ0v) is 29.0. The number of ether oxygens (including phenoxy) is 3. The van der Waals surface area contributed by atoms with Gasteiger partial charge < -0.3 is 40.6 Å². The van der Waals surface area contributed by atoms with E-state index in [1.807, 2.05) is 60.7 Å². The number of cyclic esters (lactones) is 1. The molecular formula is C38H50N4O9. The fourth-order valence-electron chi connectivity index (χ4n) is 6.12. The number of benzene rings is 2. The quantitative estimate of drug-likeness (QED) is 0.0833. The second-order valence-corrected chi connectivity index (χ2v) is 13.1. The van der Waals surface area contributed by atoms with E-state index in [9.17, 15) is 29.1 Å². The smallest absolute Gasteiger partial charge is 0.408 e. The second-order valence-electron chi connectivity index (χ2n) is 13.1. The van der Waals surface area contributed by atoms with Crippen molar-refractivity contribution in [1.29, 1.82) is 0 Å². The molecule has 13 heteroatoms. The Bertz CT molecular complexity index is 1450. The third kappa shape index (κ3) is 13.7. The van der Waals surface area contributed by atoms with Crippen LogP contribution in [-0.2, 0) is 41.8 Å². The number of hydrogen-bond acceptors (Lipinski definition) is 9. The van der Waals surface area contributed by atoms with E-state index in [0.717, 1.165) is 24.0 Å². The number of amides is 4. The van der Waals surface area contributed by atoms with Crippen LogP contribution >= 0.6 is 0 Å². The van der Waals surface area contributed by atoms with Crippen LogP contribution < -0.4 is 21.3 Å². The first kappa shape index (κ1) is 38.9. The highest BCUT2D eigenvalue weighted by Gasteiger charge is 2.36. The Morgan fingerprint density at radius 2 is 1.49 bits per heavy atom. The Morgan fingerprint density at radius 1 is 0.863 bits per heavy atom. The average molecular weight is 707 g/mol. The van der Waals surface area contributed by atoms with Gasteiger partial charge in [-0.1, -0.05) is 85.7 Å². The van der Waals surface area contributed by atoms with Gasteiger partial charge in [0.1, 0.15) is 25.9 Å². The molecule has 1 heterocycles. The van der Waals surface area contributed by atoms with Gasteiger partial charge in [0.25, 0.3) is 0 Å². The standard InChI is InChI=1S/C38H50N4O9/c43-27-38(20-10-11-21-38)42-33(44)23-30-17-7-8-19-32(41-37(48)51-25-29-15-5-2-6-16-29)35(46)49-26-31(40-34(30)45)18-9-12-22-39-36(47)50-24-28-13-3-1-4-14-28/h1-8,13-16,30-32,43H,9-12,17-27H2,(H,39,47)(H,40,45)(H,41,48)(H,42,44). The summed E-state index contributed by atoms with van der Waals surface area (Å²) in [5.74, 6) is -2.08. The van der Waals surface area contributed by atoms with E-state index < -0.39 is 41.7 Å². The topological polar surface area (TPSA) is 181 Å². The van der Waals surface area contributed by atoms with E-state index in [-0.39, 0.29) is 57.5 Å². The summed E-state index contributed by atoms with van der Waals surface area (Å²) in [4.78, 5) is 64.6. The van der Waals surface area contributed by atoms with Crippen molar-refractivity contribution in [3.63, 3.8) is 0 Å². The molecule has 1 aliphatic carbocycles. The zero-order valence-electron chi connectivity index (χ0n) is 29.0. The maximum Gasteiger partial charge on any atom is 0.408 e. The van der Waals surface area contributed by atoms with Crippen molar-refractivity contribution in [1.82, 2.24) is 21.3 Å². The van der Waals surface area contributed by atoms with Gasteiger partial charge in [-0.3, -0.25) is 9.59 Å². The van der Waals surface area contributed by atoms with Crippen molar-refractivity contribution in [2.75, 3.05) is 19.8 Å². The summed E-state index contributed by atoms with van der Waals surface area (Å²) >= 11 is 0. The number of esters is 1. The molecule has 4 amide bonds. The molecule has 1 saturated carbocycles. The van der Waals surface area contributed by atoms with Gasteiger partial charge in [0, 0.05) is 13.0 Å². The molecule has 0 aromatic heterocycles. The summed E-state index contributed by atoms with van der Waals surface area (Å²) < 4.78 is 16.2. The van der Waals surface area contributed by atoms with Crippen molar-refractivity contribution in [3.8, 4) is 0 Å². The first-order valence-corrected chi connectivity index (χ1v) is 17.7. The molecule has 0 bridgehead atoms. The van der Waals surface area contributed by atoms with E-state index in [4.69, 9.17) is 14.2 Å². The number of aliphatic hydroxyl groups is 1. The summed E-state index contributed by atoms with van der Waals surface area (Å²) in [6.45, 7) is 0.197. The lowest BCUT2D eigenvalue weighted by atomic mass is 9.95.